The van der Waals surface area contributed by atoms with Gasteiger partial charge in [0.25, 0.3) is 0 Å². The third-order valence-electron chi connectivity index (χ3n) is 5.70. The molecule has 2 aromatic rings. The van der Waals surface area contributed by atoms with Crippen LogP contribution < -0.4 is 5.59 Å². The molecule has 1 aliphatic rings. The Labute approximate surface area is 226 Å². The maximum atomic E-state index is 13.6. The molecule has 10 heteroatoms. The van der Waals surface area contributed by atoms with E-state index in [1.54, 1.807) is 3.64 Å². The summed E-state index contributed by atoms with van der Waals surface area (Å²) in [6.07, 6.45) is 1.43. The van der Waals surface area contributed by atoms with E-state index in [4.69, 9.17) is 14.3 Å². The van der Waals surface area contributed by atoms with Crippen molar-refractivity contribution in [2.45, 2.75) is 69.9 Å². The number of nitrogens with one attached hydrogen (secondary N) is 1. The molecule has 0 bridgehead atoms. The van der Waals surface area contributed by atoms with Crippen molar-refractivity contribution in [1.29, 1.82) is 0 Å². The molecule has 3 rings (SSSR count). The third kappa shape index (κ3) is 9.87. The molecule has 1 aliphatic heterocycles. The number of hydrogen-bond acceptors (Lipinski definition) is 7. The first-order valence-corrected chi connectivity index (χ1v) is 16.1. The Hall–Kier alpha value is -2.81. The van der Waals surface area contributed by atoms with E-state index in [0.29, 0.717) is 6.42 Å². The molecule has 0 spiro atoms. The molecule has 196 valence electrons. The molecule has 0 aromatic heterocycles. The minimum atomic E-state index is -1.54. The van der Waals surface area contributed by atoms with Crippen molar-refractivity contribution >= 4 is 18.0 Å². The second-order valence-corrected chi connectivity index (χ2v) is 13.8. The molecule has 1 N–H and O–H groups in total. The number of benzene rings is 2. The number of nitrogens with zero attached hydrogens (tertiary/aromatic N) is 2. The molecule has 2 aromatic carbocycles. The molecule has 0 unspecified atom stereocenters. The van der Waals surface area contributed by atoms with Crippen LogP contribution >= 0.6 is 0 Å². The van der Waals surface area contributed by atoms with Crippen molar-refractivity contribution in [3.63, 3.8) is 0 Å². The van der Waals surface area contributed by atoms with Crippen molar-refractivity contribution < 1.29 is 46.1 Å². The van der Waals surface area contributed by atoms with E-state index in [1.807, 2.05) is 81.4 Å². The number of carbonyl (C=O) groups is 3. The van der Waals surface area contributed by atoms with Crippen LogP contribution in [0.4, 0.5) is 4.79 Å². The van der Waals surface area contributed by atoms with Gasteiger partial charge >= 0.3 is 227 Å². The Morgan fingerprint density at radius 3 is 2.24 bits per heavy atom. The molecule has 1 saturated heterocycles. The molecule has 1 heterocycles. The number of hydrogen-bond donors (Lipinski definition) is 1. The van der Waals surface area contributed by atoms with Gasteiger partial charge < -0.3 is 0 Å². The first-order chi connectivity index (χ1) is 17.7. The van der Waals surface area contributed by atoms with Crippen molar-refractivity contribution in [3.8, 4) is 0 Å². The fourth-order valence-corrected chi connectivity index (χ4v) is 7.79. The van der Waals surface area contributed by atoms with Crippen molar-refractivity contribution in [3.05, 3.63) is 71.8 Å². The molecule has 0 aliphatic carbocycles. The van der Waals surface area contributed by atoms with Crippen LogP contribution in [-0.2, 0) is 54.5 Å². The zero-order chi connectivity index (χ0) is 26.7. The number of rotatable bonds is 10. The van der Waals surface area contributed by atoms with Crippen LogP contribution in [0.15, 0.2) is 60.7 Å². The van der Waals surface area contributed by atoms with Crippen LogP contribution in [0.25, 0.3) is 0 Å². The summed E-state index contributed by atoms with van der Waals surface area (Å²) < 4.78 is 12.7. The second kappa shape index (κ2) is 14.2. The molecule has 1 atom stereocenters. The van der Waals surface area contributed by atoms with Gasteiger partial charge in [0, 0.05) is 0 Å². The molecule has 0 saturated carbocycles. The molecule has 2 amide bonds. The van der Waals surface area contributed by atoms with E-state index in [-0.39, 0.29) is 32.2 Å². The fourth-order valence-electron chi connectivity index (χ4n) is 3.89. The van der Waals surface area contributed by atoms with Crippen LogP contribution in [0.2, 0.25) is 5.02 Å². The summed E-state index contributed by atoms with van der Waals surface area (Å²) in [5.74, 6) is -0.825. The topological polar surface area (TPSA) is 97.4 Å². The second-order valence-electron chi connectivity index (χ2n) is 9.93. The predicted octanol–water partition coefficient (Wildman–Crippen LogP) is 4.40. The van der Waals surface area contributed by atoms with Gasteiger partial charge in [-0.2, -0.15) is 0 Å². The predicted molar refractivity (Wildman–Crippen MR) is 133 cm³/mol. The van der Waals surface area contributed by atoms with Gasteiger partial charge in [0.05, 0.1) is 0 Å². The number of ether oxygens (including phenoxy) is 2. The van der Waals surface area contributed by atoms with Crippen molar-refractivity contribution in [2.24, 2.45) is 0 Å². The normalized spacial score (nSPS) is 15.2. The van der Waals surface area contributed by atoms with Gasteiger partial charge in [0.2, 0.25) is 0 Å². The molecule has 9 nitrogen and oxygen atoms in total. The summed E-state index contributed by atoms with van der Waals surface area (Å²) in [4.78, 5) is 44.6. The summed E-state index contributed by atoms with van der Waals surface area (Å²) in [5.41, 5.74) is 3.88. The monoisotopic (exact) mass is 561 g/mol. The van der Waals surface area contributed by atoms with Crippen LogP contribution in [0.3, 0.4) is 0 Å². The van der Waals surface area contributed by atoms with Gasteiger partial charge in [0.15, 0.2) is 0 Å². The van der Waals surface area contributed by atoms with E-state index in [9.17, 15) is 14.4 Å². The van der Waals surface area contributed by atoms with E-state index in [2.05, 4.69) is 5.59 Å². The number of urea groups is 1. The van der Waals surface area contributed by atoms with Gasteiger partial charge in [-0.25, -0.2) is 0 Å². The number of hydrazine groups is 1. The van der Waals surface area contributed by atoms with Crippen LogP contribution in [0.1, 0.15) is 51.2 Å². The van der Waals surface area contributed by atoms with Crippen molar-refractivity contribution in [1.82, 2.24) is 14.2 Å². The standard InChI is InChI=1S/C27H36N3O6.Zn/c1-5-12-23(25(32)36-27(2,3)4)28-26(33)30(29-35-20-22-15-10-7-11-16-22)18-17-24(31)34-19-21-13-8-6-9-14-21;/h6-11,13-16,23,29H,1,5,12,17-20H2,2-4H3,(H,28,33);/q;+1/p-1/t23-;/m0./s1. The number of carbonyl (C=O) groups excluding carboxylic acids is 3. The molecule has 1 fully saturated rings. The van der Waals surface area contributed by atoms with Crippen molar-refractivity contribution in [2.75, 3.05) is 6.54 Å². The van der Waals surface area contributed by atoms with Crippen LogP contribution in [0, 0.1) is 0 Å². The SMILES string of the molecule is CC(C)(C)OC(=O)[C@@H]1CC[CH2][Zn][N]1C(=O)N(CCC(=O)OCc1ccccc1)NOCc1ccccc1. The summed E-state index contributed by atoms with van der Waals surface area (Å²) in [6.45, 7) is 5.85. The molecular weight excluding hydrogens is 528 g/mol. The average molecular weight is 563 g/mol. The van der Waals surface area contributed by atoms with E-state index < -0.39 is 40.9 Å². The first-order valence-electron chi connectivity index (χ1n) is 12.6. The average Bonchev–Trinajstić information content (AvgIpc) is 2.89. The van der Waals surface area contributed by atoms with Gasteiger partial charge in [-0.3, -0.25) is 0 Å². The summed E-state index contributed by atoms with van der Waals surface area (Å²) in [5, 5.41) is 2.22. The van der Waals surface area contributed by atoms with Gasteiger partial charge in [-0.15, -0.1) is 0 Å². The minimum absolute atomic E-state index is 0.0288. The summed E-state index contributed by atoms with van der Waals surface area (Å²) in [6, 6.07) is 17.9. The molecule has 37 heavy (non-hydrogen) atoms. The summed E-state index contributed by atoms with van der Waals surface area (Å²) >= 11 is -1.54. The van der Waals surface area contributed by atoms with Crippen LogP contribution in [0.5, 0.6) is 0 Å². The van der Waals surface area contributed by atoms with Crippen LogP contribution in [-0.4, -0.2) is 44.8 Å². The Morgan fingerprint density at radius 1 is 1.00 bits per heavy atom. The third-order valence-corrected chi connectivity index (χ3v) is 9.91. The Bertz CT molecular complexity index is 1020. The van der Waals surface area contributed by atoms with Gasteiger partial charge in [0.1, 0.15) is 0 Å². The molecular formula is C27H35N3O6Zn. The zero-order valence-corrected chi connectivity index (χ0v) is 24.8. The van der Waals surface area contributed by atoms with E-state index >= 15 is 0 Å². The maximum absolute atomic E-state index is 13.6. The quantitative estimate of drug-likeness (QED) is 0.260. The first kappa shape index (κ1) is 28.8. The number of amides is 2. The van der Waals surface area contributed by atoms with Gasteiger partial charge in [-0.1, -0.05) is 0 Å². The number of esters is 2. The zero-order valence-electron chi connectivity index (χ0n) is 21.9. The fraction of sp³-hybridized carbons (Fsp3) is 0.444. The van der Waals surface area contributed by atoms with E-state index in [1.165, 1.54) is 5.01 Å². The van der Waals surface area contributed by atoms with E-state index in [0.717, 1.165) is 22.6 Å². The summed E-state index contributed by atoms with van der Waals surface area (Å²) in [7, 11) is 0. The van der Waals surface area contributed by atoms with Gasteiger partial charge in [-0.05, 0) is 0 Å². The molecule has 0 radical (unpaired) electrons. The Balaban J connectivity index is 1.64. The Morgan fingerprint density at radius 2 is 1.62 bits per heavy atom. The Kier molecular flexibility index (Phi) is 11.0.